The van der Waals surface area contributed by atoms with Crippen LogP contribution in [-0.2, 0) is 6.54 Å². The molecule has 2 unspecified atom stereocenters. The van der Waals surface area contributed by atoms with Crippen molar-refractivity contribution in [3.63, 3.8) is 0 Å². The molecule has 0 saturated carbocycles. The minimum Gasteiger partial charge on any atom is -0.328 e. The van der Waals surface area contributed by atoms with Crippen LogP contribution < -0.4 is 5.73 Å². The van der Waals surface area contributed by atoms with E-state index in [9.17, 15) is 0 Å². The molecule has 1 aromatic carbocycles. The monoisotopic (exact) mass is 241 g/mol. The first-order valence-corrected chi connectivity index (χ1v) is 6.77. The number of nitrogens with two attached hydrogens (primary N) is 1. The molecule has 2 fully saturated rings. The summed E-state index contributed by atoms with van der Waals surface area (Å²) < 4.78 is 0. The van der Waals surface area contributed by atoms with Crippen molar-refractivity contribution in [1.29, 1.82) is 5.26 Å². The third-order valence-corrected chi connectivity index (χ3v) is 4.41. The first-order valence-electron chi connectivity index (χ1n) is 6.77. The standard InChI is InChI=1S/C15H19N3/c16-9-11-3-1-2-4-12(11)10-18-14-5-6-15(18)8-13(17)7-14/h1-4,13-15H,5-8,10,17H2. The number of nitrogens with zero attached hydrogens (tertiary/aromatic N) is 2. The van der Waals surface area contributed by atoms with E-state index in [0.29, 0.717) is 18.1 Å². The molecular weight excluding hydrogens is 222 g/mol. The lowest BCUT2D eigenvalue weighted by molar-refractivity contribution is 0.120. The van der Waals surface area contributed by atoms with E-state index in [1.165, 1.54) is 12.8 Å². The highest BCUT2D eigenvalue weighted by Gasteiger charge is 2.39. The zero-order valence-electron chi connectivity index (χ0n) is 10.5. The molecule has 2 aliphatic rings. The van der Waals surface area contributed by atoms with Gasteiger partial charge in [-0.25, -0.2) is 0 Å². The molecule has 0 aliphatic carbocycles. The summed E-state index contributed by atoms with van der Waals surface area (Å²) in [5.74, 6) is 0. The van der Waals surface area contributed by atoms with E-state index < -0.39 is 0 Å². The maximum atomic E-state index is 9.15. The maximum Gasteiger partial charge on any atom is 0.0995 e. The van der Waals surface area contributed by atoms with Crippen LogP contribution >= 0.6 is 0 Å². The van der Waals surface area contributed by atoms with Crippen molar-refractivity contribution in [2.24, 2.45) is 5.73 Å². The van der Waals surface area contributed by atoms with E-state index in [0.717, 1.165) is 30.5 Å². The van der Waals surface area contributed by atoms with Crippen molar-refractivity contribution in [1.82, 2.24) is 4.90 Å². The van der Waals surface area contributed by atoms with E-state index in [-0.39, 0.29) is 0 Å². The summed E-state index contributed by atoms with van der Waals surface area (Å²) in [5, 5.41) is 9.15. The van der Waals surface area contributed by atoms with Crippen molar-refractivity contribution in [2.45, 2.75) is 50.4 Å². The smallest absolute Gasteiger partial charge is 0.0995 e. The third kappa shape index (κ3) is 2.03. The van der Waals surface area contributed by atoms with Crippen LogP contribution in [0.25, 0.3) is 0 Å². The summed E-state index contributed by atoms with van der Waals surface area (Å²) in [6.45, 7) is 0.909. The average molecular weight is 241 g/mol. The molecule has 0 amide bonds. The van der Waals surface area contributed by atoms with Gasteiger partial charge >= 0.3 is 0 Å². The van der Waals surface area contributed by atoms with Crippen LogP contribution in [0.1, 0.15) is 36.8 Å². The van der Waals surface area contributed by atoms with Crippen LogP contribution in [0.15, 0.2) is 24.3 Å². The lowest BCUT2D eigenvalue weighted by Crippen LogP contribution is -2.46. The van der Waals surface area contributed by atoms with Crippen LogP contribution in [0.4, 0.5) is 0 Å². The van der Waals surface area contributed by atoms with Crippen molar-refractivity contribution in [3.05, 3.63) is 35.4 Å². The van der Waals surface area contributed by atoms with E-state index in [1.807, 2.05) is 18.2 Å². The first-order chi connectivity index (χ1) is 8.78. The fraction of sp³-hybridized carbons (Fsp3) is 0.533. The highest BCUT2D eigenvalue weighted by molar-refractivity contribution is 5.37. The van der Waals surface area contributed by atoms with Gasteiger partial charge in [0.2, 0.25) is 0 Å². The van der Waals surface area contributed by atoms with Crippen molar-refractivity contribution < 1.29 is 0 Å². The van der Waals surface area contributed by atoms with E-state index in [4.69, 9.17) is 11.0 Å². The Hall–Kier alpha value is -1.37. The zero-order valence-corrected chi connectivity index (χ0v) is 10.5. The summed E-state index contributed by atoms with van der Waals surface area (Å²) in [6.07, 6.45) is 4.77. The molecule has 1 aromatic rings. The Kier molecular flexibility index (Phi) is 3.07. The van der Waals surface area contributed by atoms with E-state index >= 15 is 0 Å². The molecule has 3 heteroatoms. The Morgan fingerprint density at radius 1 is 1.22 bits per heavy atom. The Labute approximate surface area is 108 Å². The molecule has 0 aromatic heterocycles. The number of hydrogen-bond acceptors (Lipinski definition) is 3. The summed E-state index contributed by atoms with van der Waals surface area (Å²) in [4.78, 5) is 2.57. The largest absolute Gasteiger partial charge is 0.328 e. The fourth-order valence-corrected chi connectivity index (χ4v) is 3.54. The maximum absolute atomic E-state index is 9.15. The minimum absolute atomic E-state index is 0.380. The Balaban J connectivity index is 1.80. The predicted octanol–water partition coefficient (Wildman–Crippen LogP) is 2.01. The molecule has 0 radical (unpaired) electrons. The van der Waals surface area contributed by atoms with Gasteiger partial charge in [0.05, 0.1) is 11.6 Å². The van der Waals surface area contributed by atoms with Gasteiger partial charge in [-0.1, -0.05) is 18.2 Å². The fourth-order valence-electron chi connectivity index (χ4n) is 3.54. The van der Waals surface area contributed by atoms with Gasteiger partial charge in [0.25, 0.3) is 0 Å². The lowest BCUT2D eigenvalue weighted by atomic mass is 9.97. The highest BCUT2D eigenvalue weighted by atomic mass is 15.2. The molecule has 3 nitrogen and oxygen atoms in total. The summed E-state index contributed by atoms with van der Waals surface area (Å²) in [5.41, 5.74) is 8.06. The number of rotatable bonds is 2. The molecular formula is C15H19N3. The second kappa shape index (κ2) is 4.72. The van der Waals surface area contributed by atoms with Gasteiger partial charge in [0.15, 0.2) is 0 Å². The number of hydrogen-bond donors (Lipinski definition) is 1. The summed E-state index contributed by atoms with van der Waals surface area (Å²) in [6, 6.07) is 11.9. The molecule has 2 heterocycles. The van der Waals surface area contributed by atoms with Gasteiger partial charge in [0.1, 0.15) is 0 Å². The molecule has 2 N–H and O–H groups in total. The molecule has 2 bridgehead atoms. The van der Waals surface area contributed by atoms with Crippen molar-refractivity contribution in [2.75, 3.05) is 0 Å². The second-order valence-corrected chi connectivity index (χ2v) is 5.56. The number of nitriles is 1. The van der Waals surface area contributed by atoms with Crippen LogP contribution in [0.5, 0.6) is 0 Å². The Morgan fingerprint density at radius 3 is 2.56 bits per heavy atom. The lowest BCUT2D eigenvalue weighted by Gasteiger charge is -2.37. The van der Waals surface area contributed by atoms with Gasteiger partial charge in [-0.2, -0.15) is 5.26 Å². The Morgan fingerprint density at radius 2 is 1.89 bits per heavy atom. The minimum atomic E-state index is 0.380. The highest BCUT2D eigenvalue weighted by Crippen LogP contribution is 2.36. The summed E-state index contributed by atoms with van der Waals surface area (Å²) >= 11 is 0. The number of fused-ring (bicyclic) bond motifs is 2. The normalized spacial score (nSPS) is 31.2. The van der Waals surface area contributed by atoms with Crippen molar-refractivity contribution in [3.8, 4) is 6.07 Å². The van der Waals surface area contributed by atoms with Crippen LogP contribution in [0.3, 0.4) is 0 Å². The molecule has 94 valence electrons. The van der Waals surface area contributed by atoms with Gasteiger partial charge in [-0.3, -0.25) is 4.90 Å². The molecule has 0 spiro atoms. The topological polar surface area (TPSA) is 53.0 Å². The molecule has 2 atom stereocenters. The number of piperidine rings is 1. The first kappa shape index (κ1) is 11.7. The van der Waals surface area contributed by atoms with Crippen molar-refractivity contribution >= 4 is 0 Å². The van der Waals surface area contributed by atoms with Crippen LogP contribution in [-0.4, -0.2) is 23.0 Å². The van der Waals surface area contributed by atoms with Crippen LogP contribution in [0.2, 0.25) is 0 Å². The van der Waals surface area contributed by atoms with Gasteiger partial charge in [-0.05, 0) is 37.3 Å². The van der Waals surface area contributed by atoms with Gasteiger partial charge in [-0.15, -0.1) is 0 Å². The van der Waals surface area contributed by atoms with E-state index in [2.05, 4.69) is 17.0 Å². The van der Waals surface area contributed by atoms with Gasteiger partial charge in [0, 0.05) is 24.7 Å². The SMILES string of the molecule is N#Cc1ccccc1CN1C2CCC1CC(N)C2. The molecule has 18 heavy (non-hydrogen) atoms. The summed E-state index contributed by atoms with van der Waals surface area (Å²) in [7, 11) is 0. The van der Waals surface area contributed by atoms with Crippen LogP contribution in [0, 0.1) is 11.3 Å². The Bertz CT molecular complexity index is 463. The predicted molar refractivity (Wildman–Crippen MR) is 70.7 cm³/mol. The molecule has 3 rings (SSSR count). The zero-order chi connectivity index (χ0) is 12.5. The molecule has 2 saturated heterocycles. The average Bonchev–Trinajstić information content (AvgIpc) is 2.62. The quantitative estimate of drug-likeness (QED) is 0.861. The number of benzene rings is 1. The third-order valence-electron chi connectivity index (χ3n) is 4.41. The molecule has 2 aliphatic heterocycles. The van der Waals surface area contributed by atoms with Gasteiger partial charge < -0.3 is 5.73 Å². The second-order valence-electron chi connectivity index (χ2n) is 5.56. The van der Waals surface area contributed by atoms with E-state index in [1.54, 1.807) is 0 Å².